The maximum absolute atomic E-state index is 10.8. The maximum Gasteiger partial charge on any atom is 0.125 e. The van der Waals surface area contributed by atoms with Gasteiger partial charge in [0.05, 0.1) is 12.2 Å². The molecule has 21 heavy (non-hydrogen) atoms. The average Bonchev–Trinajstić information content (AvgIpc) is 2.73. The molecule has 0 aromatic heterocycles. The molecule has 0 radical (unpaired) electrons. The zero-order valence-corrected chi connectivity index (χ0v) is 12.8. The minimum atomic E-state index is -1.04. The van der Waals surface area contributed by atoms with E-state index in [2.05, 4.69) is 0 Å². The highest BCUT2D eigenvalue weighted by molar-refractivity contribution is 5.36. The van der Waals surface area contributed by atoms with Crippen LogP contribution in [-0.4, -0.2) is 36.1 Å². The molecule has 118 valence electrons. The number of benzene rings is 1. The Labute approximate surface area is 126 Å². The van der Waals surface area contributed by atoms with Gasteiger partial charge in [-0.2, -0.15) is 0 Å². The first-order chi connectivity index (χ1) is 10.2. The number of methoxy groups -OCH3 is 1. The van der Waals surface area contributed by atoms with E-state index in [9.17, 15) is 10.2 Å². The second kappa shape index (κ2) is 7.78. The highest BCUT2D eigenvalue weighted by Gasteiger charge is 2.38. The molecule has 1 saturated carbocycles. The van der Waals surface area contributed by atoms with Crippen molar-refractivity contribution in [3.05, 3.63) is 29.8 Å². The second-order valence-electron chi connectivity index (χ2n) is 5.80. The predicted molar refractivity (Wildman–Crippen MR) is 81.4 cm³/mol. The molecule has 0 aliphatic heterocycles. The fraction of sp³-hybridized carbons (Fsp3) is 0.647. The van der Waals surface area contributed by atoms with Gasteiger partial charge < -0.3 is 19.7 Å². The molecular weight excluding hydrogens is 268 g/mol. The van der Waals surface area contributed by atoms with Crippen LogP contribution in [0.25, 0.3) is 0 Å². The first kappa shape index (κ1) is 16.3. The standard InChI is InChI=1S/C17H26O4/c1-20-12-13-21-15-9-5-4-8-14(15)16(18)17(19)10-6-2-3-7-11-17/h4-5,8-9,16,18-19H,2-3,6-7,10-13H2,1H3. The van der Waals surface area contributed by atoms with Gasteiger partial charge >= 0.3 is 0 Å². The van der Waals surface area contributed by atoms with Gasteiger partial charge in [-0.3, -0.25) is 0 Å². The summed E-state index contributed by atoms with van der Waals surface area (Å²) in [5, 5.41) is 21.5. The normalized spacial score (nSPS) is 19.8. The third kappa shape index (κ3) is 4.19. The van der Waals surface area contributed by atoms with Gasteiger partial charge in [0.1, 0.15) is 18.5 Å². The lowest BCUT2D eigenvalue weighted by Gasteiger charge is -2.33. The van der Waals surface area contributed by atoms with Crippen LogP contribution in [0.1, 0.15) is 50.2 Å². The van der Waals surface area contributed by atoms with Gasteiger partial charge in [-0.15, -0.1) is 0 Å². The summed E-state index contributed by atoms with van der Waals surface area (Å²) < 4.78 is 10.6. The number of hydrogen-bond donors (Lipinski definition) is 2. The van der Waals surface area contributed by atoms with Gasteiger partial charge in [0.15, 0.2) is 0 Å². The molecule has 1 aromatic carbocycles. The Bertz CT molecular complexity index is 425. The second-order valence-corrected chi connectivity index (χ2v) is 5.80. The van der Waals surface area contributed by atoms with E-state index in [4.69, 9.17) is 9.47 Å². The summed E-state index contributed by atoms with van der Waals surface area (Å²) >= 11 is 0. The summed E-state index contributed by atoms with van der Waals surface area (Å²) in [6, 6.07) is 7.39. The lowest BCUT2D eigenvalue weighted by Crippen LogP contribution is -2.36. The van der Waals surface area contributed by atoms with Crippen LogP contribution in [-0.2, 0) is 4.74 Å². The number of ether oxygens (including phenoxy) is 2. The summed E-state index contributed by atoms with van der Waals surface area (Å²) in [6.07, 6.45) is 4.54. The minimum Gasteiger partial charge on any atom is -0.491 e. The van der Waals surface area contributed by atoms with Gasteiger partial charge in [-0.1, -0.05) is 43.9 Å². The largest absolute Gasteiger partial charge is 0.491 e. The molecule has 4 heteroatoms. The number of para-hydroxylation sites is 1. The van der Waals surface area contributed by atoms with Gasteiger partial charge in [0.2, 0.25) is 0 Å². The Morgan fingerprint density at radius 2 is 1.76 bits per heavy atom. The summed E-state index contributed by atoms with van der Waals surface area (Å²) in [5.74, 6) is 0.625. The third-order valence-electron chi connectivity index (χ3n) is 4.24. The molecule has 1 aromatic rings. The van der Waals surface area contributed by atoms with Gasteiger partial charge in [-0.25, -0.2) is 0 Å². The number of aliphatic hydroxyl groups is 2. The molecule has 1 atom stereocenters. The molecule has 4 nitrogen and oxygen atoms in total. The van der Waals surface area contributed by atoms with Crippen LogP contribution in [0, 0.1) is 0 Å². The van der Waals surface area contributed by atoms with Crippen molar-refractivity contribution in [3.63, 3.8) is 0 Å². The van der Waals surface area contributed by atoms with Crippen molar-refractivity contribution in [2.75, 3.05) is 20.3 Å². The van der Waals surface area contributed by atoms with Crippen LogP contribution >= 0.6 is 0 Å². The Morgan fingerprint density at radius 1 is 1.10 bits per heavy atom. The Balaban J connectivity index is 2.15. The molecule has 0 spiro atoms. The first-order valence-electron chi connectivity index (χ1n) is 7.78. The molecule has 1 fully saturated rings. The number of rotatable bonds is 6. The monoisotopic (exact) mass is 294 g/mol. The average molecular weight is 294 g/mol. The topological polar surface area (TPSA) is 58.9 Å². The van der Waals surface area contributed by atoms with Crippen LogP contribution in [0.5, 0.6) is 5.75 Å². The molecule has 0 saturated heterocycles. The molecule has 1 aliphatic rings. The van der Waals surface area contributed by atoms with E-state index in [1.54, 1.807) is 7.11 Å². The van der Waals surface area contributed by atoms with Crippen molar-refractivity contribution in [2.45, 2.75) is 50.2 Å². The van der Waals surface area contributed by atoms with Crippen LogP contribution in [0.3, 0.4) is 0 Å². The van der Waals surface area contributed by atoms with E-state index in [-0.39, 0.29) is 0 Å². The first-order valence-corrected chi connectivity index (χ1v) is 7.78. The Morgan fingerprint density at radius 3 is 2.43 bits per heavy atom. The van der Waals surface area contributed by atoms with E-state index in [1.165, 1.54) is 0 Å². The zero-order valence-electron chi connectivity index (χ0n) is 12.8. The molecule has 0 bridgehead atoms. The summed E-state index contributed by atoms with van der Waals surface area (Å²) in [6.45, 7) is 0.924. The molecule has 0 heterocycles. The summed E-state index contributed by atoms with van der Waals surface area (Å²) in [7, 11) is 1.62. The van der Waals surface area contributed by atoms with Crippen LogP contribution < -0.4 is 4.74 Å². The number of hydrogen-bond acceptors (Lipinski definition) is 4. The Hall–Kier alpha value is -1.10. The molecule has 0 amide bonds. The summed E-state index contributed by atoms with van der Waals surface area (Å²) in [4.78, 5) is 0. The molecular formula is C17H26O4. The van der Waals surface area contributed by atoms with E-state index >= 15 is 0 Å². The molecule has 2 rings (SSSR count). The summed E-state index contributed by atoms with van der Waals surface area (Å²) in [5.41, 5.74) is -0.380. The number of aliphatic hydroxyl groups excluding tert-OH is 1. The quantitative estimate of drug-likeness (QED) is 0.625. The van der Waals surface area contributed by atoms with Crippen molar-refractivity contribution < 1.29 is 19.7 Å². The van der Waals surface area contributed by atoms with Crippen molar-refractivity contribution in [1.82, 2.24) is 0 Å². The van der Waals surface area contributed by atoms with Gasteiger partial charge in [0, 0.05) is 12.7 Å². The molecule has 1 unspecified atom stereocenters. The Kier molecular flexibility index (Phi) is 6.03. The lowest BCUT2D eigenvalue weighted by molar-refractivity contribution is -0.0876. The van der Waals surface area contributed by atoms with E-state index in [1.807, 2.05) is 24.3 Å². The smallest absolute Gasteiger partial charge is 0.125 e. The van der Waals surface area contributed by atoms with Crippen molar-refractivity contribution in [3.8, 4) is 5.75 Å². The van der Waals surface area contributed by atoms with E-state index in [0.29, 0.717) is 37.4 Å². The van der Waals surface area contributed by atoms with Gasteiger partial charge in [-0.05, 0) is 18.9 Å². The molecule has 2 N–H and O–H groups in total. The fourth-order valence-corrected chi connectivity index (χ4v) is 2.98. The fourth-order valence-electron chi connectivity index (χ4n) is 2.98. The maximum atomic E-state index is 10.8. The lowest BCUT2D eigenvalue weighted by atomic mass is 9.84. The van der Waals surface area contributed by atoms with Crippen molar-refractivity contribution >= 4 is 0 Å². The van der Waals surface area contributed by atoms with Crippen molar-refractivity contribution in [1.29, 1.82) is 0 Å². The SMILES string of the molecule is COCCOc1ccccc1C(O)C1(O)CCCCCC1. The van der Waals surface area contributed by atoms with Gasteiger partial charge in [0.25, 0.3) is 0 Å². The van der Waals surface area contributed by atoms with Crippen molar-refractivity contribution in [2.24, 2.45) is 0 Å². The highest BCUT2D eigenvalue weighted by atomic mass is 16.5. The molecule has 1 aliphatic carbocycles. The predicted octanol–water partition coefficient (Wildman–Crippen LogP) is 2.83. The van der Waals surface area contributed by atoms with Crippen LogP contribution in [0.15, 0.2) is 24.3 Å². The highest BCUT2D eigenvalue weighted by Crippen LogP contribution is 2.40. The third-order valence-corrected chi connectivity index (χ3v) is 4.24. The zero-order chi connectivity index (χ0) is 15.1. The van der Waals surface area contributed by atoms with Crippen LogP contribution in [0.2, 0.25) is 0 Å². The van der Waals surface area contributed by atoms with E-state index < -0.39 is 11.7 Å². The van der Waals surface area contributed by atoms with Crippen LogP contribution in [0.4, 0.5) is 0 Å². The van der Waals surface area contributed by atoms with E-state index in [0.717, 1.165) is 25.7 Å². The minimum absolute atomic E-state index is 0.429.